The minimum atomic E-state index is -0.0299. The molecule has 48 heavy (non-hydrogen) atoms. The Labute approximate surface area is 280 Å². The van der Waals surface area contributed by atoms with Gasteiger partial charge in [-0.15, -0.1) is 0 Å². The van der Waals surface area contributed by atoms with Gasteiger partial charge in [-0.25, -0.2) is 4.98 Å². The second-order valence-electron chi connectivity index (χ2n) is 12.3. The summed E-state index contributed by atoms with van der Waals surface area (Å²) in [5.41, 5.74) is 18.5. The molecule has 0 spiro atoms. The number of nitrogens with zero attached hydrogens (tertiary/aromatic N) is 4. The number of carbonyl (C=O) groups excluding carboxylic acids is 1. The standard InChI is InChI=1S/C39H40N8O/c1-45(23-27-7-5-10-30(21-27)39(42)43)25-37(48)47(24-31-11-6-9-28-8-3-4-12-33(28)31)32-18-19-35-34(22-32)44-36(46(35)2)20-15-26-13-16-29(17-14-26)38(40)41/h3-14,16-19,21-22H,15,20,23-25H2,1-2H3,(H3,40,41)(H3,42,43). The van der Waals surface area contributed by atoms with E-state index in [9.17, 15) is 4.79 Å². The Morgan fingerprint density at radius 3 is 2.27 bits per heavy atom. The molecular formula is C39H40N8O. The van der Waals surface area contributed by atoms with Gasteiger partial charge in [0.1, 0.15) is 17.5 Å². The number of hydrogen-bond acceptors (Lipinski definition) is 5. The molecule has 1 aromatic heterocycles. The molecule has 5 aromatic carbocycles. The Hall–Kier alpha value is -5.80. The predicted molar refractivity (Wildman–Crippen MR) is 195 cm³/mol. The van der Waals surface area contributed by atoms with Crippen LogP contribution in [-0.4, -0.2) is 45.6 Å². The number of amidine groups is 2. The first kappa shape index (κ1) is 32.2. The maximum atomic E-state index is 14.2. The van der Waals surface area contributed by atoms with Crippen LogP contribution in [0.5, 0.6) is 0 Å². The molecule has 0 unspecified atom stereocenters. The molecule has 9 heteroatoms. The van der Waals surface area contributed by atoms with Crippen molar-refractivity contribution in [2.45, 2.75) is 25.9 Å². The third-order valence-corrected chi connectivity index (χ3v) is 8.78. The van der Waals surface area contributed by atoms with Crippen molar-refractivity contribution in [1.29, 1.82) is 10.8 Å². The molecule has 0 saturated carbocycles. The highest BCUT2D eigenvalue weighted by atomic mass is 16.2. The molecule has 6 rings (SSSR count). The van der Waals surface area contributed by atoms with Crippen LogP contribution < -0.4 is 16.4 Å². The van der Waals surface area contributed by atoms with Crippen molar-refractivity contribution in [3.8, 4) is 0 Å². The number of imidazole rings is 1. The number of nitrogen functional groups attached to an aromatic ring is 2. The molecular weight excluding hydrogens is 596 g/mol. The molecule has 242 valence electrons. The number of anilines is 1. The zero-order chi connectivity index (χ0) is 33.8. The average molecular weight is 637 g/mol. The molecule has 0 fully saturated rings. The molecule has 0 aliphatic rings. The van der Waals surface area contributed by atoms with Crippen LogP contribution >= 0.6 is 0 Å². The van der Waals surface area contributed by atoms with E-state index in [1.165, 1.54) is 0 Å². The Kier molecular flexibility index (Phi) is 9.31. The Morgan fingerprint density at radius 1 is 0.771 bits per heavy atom. The molecule has 6 N–H and O–H groups in total. The van der Waals surface area contributed by atoms with E-state index >= 15 is 0 Å². The molecule has 6 aromatic rings. The molecule has 0 bridgehead atoms. The first-order valence-electron chi connectivity index (χ1n) is 15.9. The highest BCUT2D eigenvalue weighted by Gasteiger charge is 2.21. The van der Waals surface area contributed by atoms with E-state index in [1.807, 2.05) is 109 Å². The highest BCUT2D eigenvalue weighted by molar-refractivity contribution is 5.98. The summed E-state index contributed by atoms with van der Waals surface area (Å²) in [5, 5.41) is 17.7. The van der Waals surface area contributed by atoms with Gasteiger partial charge < -0.3 is 20.9 Å². The second kappa shape index (κ2) is 13.9. The summed E-state index contributed by atoms with van der Waals surface area (Å²) < 4.78 is 2.11. The smallest absolute Gasteiger partial charge is 0.241 e. The predicted octanol–water partition coefficient (Wildman–Crippen LogP) is 5.75. The van der Waals surface area contributed by atoms with Crippen molar-refractivity contribution < 1.29 is 4.79 Å². The maximum Gasteiger partial charge on any atom is 0.241 e. The van der Waals surface area contributed by atoms with Crippen LogP contribution in [0.2, 0.25) is 0 Å². The fourth-order valence-electron chi connectivity index (χ4n) is 6.18. The summed E-state index contributed by atoms with van der Waals surface area (Å²) in [4.78, 5) is 23.0. The fourth-order valence-corrected chi connectivity index (χ4v) is 6.18. The molecule has 0 aliphatic heterocycles. The average Bonchev–Trinajstić information content (AvgIpc) is 3.40. The number of hydrogen-bond donors (Lipinski definition) is 4. The van der Waals surface area contributed by atoms with Crippen molar-refractivity contribution in [2.24, 2.45) is 18.5 Å². The number of aromatic nitrogens is 2. The van der Waals surface area contributed by atoms with E-state index in [1.54, 1.807) is 0 Å². The first-order chi connectivity index (χ1) is 23.2. The Balaban J connectivity index is 1.27. The summed E-state index contributed by atoms with van der Waals surface area (Å²) in [6, 6.07) is 35.9. The lowest BCUT2D eigenvalue weighted by Crippen LogP contribution is -2.38. The van der Waals surface area contributed by atoms with Crippen molar-refractivity contribution in [3.05, 3.63) is 143 Å². The van der Waals surface area contributed by atoms with E-state index in [2.05, 4.69) is 28.8 Å². The molecule has 1 amide bonds. The van der Waals surface area contributed by atoms with E-state index in [4.69, 9.17) is 27.3 Å². The number of benzene rings is 5. The third kappa shape index (κ3) is 7.11. The third-order valence-electron chi connectivity index (χ3n) is 8.78. The molecule has 0 atom stereocenters. The van der Waals surface area contributed by atoms with Crippen LogP contribution in [0, 0.1) is 10.8 Å². The lowest BCUT2D eigenvalue weighted by atomic mass is 10.0. The van der Waals surface area contributed by atoms with Gasteiger partial charge in [0.2, 0.25) is 5.91 Å². The van der Waals surface area contributed by atoms with Gasteiger partial charge in [0.05, 0.1) is 24.1 Å². The highest BCUT2D eigenvalue weighted by Crippen LogP contribution is 2.27. The van der Waals surface area contributed by atoms with Gasteiger partial charge >= 0.3 is 0 Å². The largest absolute Gasteiger partial charge is 0.384 e. The normalized spacial score (nSPS) is 11.3. The Bertz CT molecular complexity index is 2130. The summed E-state index contributed by atoms with van der Waals surface area (Å²) in [6.07, 6.45) is 1.55. The zero-order valence-electron chi connectivity index (χ0n) is 27.3. The second-order valence-corrected chi connectivity index (χ2v) is 12.3. The fraction of sp³-hybridized carbons (Fsp3) is 0.179. The number of rotatable bonds is 12. The number of aryl methyl sites for hydroxylation is 3. The van der Waals surface area contributed by atoms with Gasteiger partial charge in [-0.3, -0.25) is 20.5 Å². The molecule has 0 aliphatic carbocycles. The van der Waals surface area contributed by atoms with Crippen LogP contribution in [-0.2, 0) is 37.8 Å². The quantitative estimate of drug-likeness (QED) is 0.100. The number of carbonyl (C=O) groups is 1. The minimum absolute atomic E-state index is 0.0215. The summed E-state index contributed by atoms with van der Waals surface area (Å²) in [7, 11) is 3.95. The van der Waals surface area contributed by atoms with Crippen LogP contribution in [0.3, 0.4) is 0 Å². The van der Waals surface area contributed by atoms with Crippen molar-refractivity contribution >= 4 is 45.1 Å². The number of fused-ring (bicyclic) bond motifs is 2. The van der Waals surface area contributed by atoms with Crippen LogP contribution in [0.15, 0.2) is 109 Å². The van der Waals surface area contributed by atoms with Gasteiger partial charge in [-0.2, -0.15) is 0 Å². The van der Waals surface area contributed by atoms with Gasteiger partial charge in [0.15, 0.2) is 0 Å². The van der Waals surface area contributed by atoms with Gasteiger partial charge in [0.25, 0.3) is 0 Å². The molecule has 0 saturated heterocycles. The maximum absolute atomic E-state index is 14.2. The van der Waals surface area contributed by atoms with Gasteiger partial charge in [0, 0.05) is 36.8 Å². The number of amides is 1. The van der Waals surface area contributed by atoms with Crippen molar-refractivity contribution in [2.75, 3.05) is 18.5 Å². The summed E-state index contributed by atoms with van der Waals surface area (Å²) >= 11 is 0. The zero-order valence-corrected chi connectivity index (χ0v) is 27.3. The minimum Gasteiger partial charge on any atom is -0.384 e. The van der Waals surface area contributed by atoms with Gasteiger partial charge in [-0.1, -0.05) is 84.9 Å². The van der Waals surface area contributed by atoms with E-state index in [0.717, 1.165) is 62.8 Å². The number of likely N-dealkylation sites (N-methyl/N-ethyl adjacent to an activating group) is 1. The van der Waals surface area contributed by atoms with E-state index in [-0.39, 0.29) is 24.1 Å². The van der Waals surface area contributed by atoms with Gasteiger partial charge in [-0.05, 0) is 65.2 Å². The number of nitrogens with one attached hydrogen (secondary N) is 2. The summed E-state index contributed by atoms with van der Waals surface area (Å²) in [5.74, 6) is 1.01. The SMILES string of the molecule is CN(CC(=O)N(Cc1cccc2ccccc12)c1ccc2c(c1)nc(CCc1ccc(C(=N)N)cc1)n2C)Cc1cccc(C(=N)N)c1. The molecule has 0 radical (unpaired) electrons. The van der Waals surface area contributed by atoms with Crippen LogP contribution in [0.1, 0.15) is 33.6 Å². The summed E-state index contributed by atoms with van der Waals surface area (Å²) in [6.45, 7) is 1.15. The van der Waals surface area contributed by atoms with E-state index < -0.39 is 0 Å². The van der Waals surface area contributed by atoms with Crippen molar-refractivity contribution in [1.82, 2.24) is 14.5 Å². The number of nitrogens with two attached hydrogens (primary N) is 2. The Morgan fingerprint density at radius 2 is 1.50 bits per heavy atom. The van der Waals surface area contributed by atoms with Crippen LogP contribution in [0.25, 0.3) is 21.8 Å². The molecule has 9 nitrogen and oxygen atoms in total. The van der Waals surface area contributed by atoms with E-state index in [0.29, 0.717) is 24.2 Å². The molecule has 1 heterocycles. The monoisotopic (exact) mass is 636 g/mol. The first-order valence-corrected chi connectivity index (χ1v) is 15.9. The lowest BCUT2D eigenvalue weighted by molar-refractivity contribution is -0.119. The van der Waals surface area contributed by atoms with Crippen molar-refractivity contribution in [3.63, 3.8) is 0 Å². The topological polar surface area (TPSA) is 141 Å². The lowest BCUT2D eigenvalue weighted by Gasteiger charge is -2.26. The van der Waals surface area contributed by atoms with Crippen LogP contribution in [0.4, 0.5) is 5.69 Å².